The van der Waals surface area contributed by atoms with Gasteiger partial charge in [0.1, 0.15) is 0 Å². The topological polar surface area (TPSA) is 65.5 Å². The zero-order valence-corrected chi connectivity index (χ0v) is 13.3. The molecule has 1 amide bonds. The van der Waals surface area contributed by atoms with E-state index in [9.17, 15) is 9.90 Å². The minimum Gasteiger partial charge on any atom is -0.390 e. The van der Waals surface area contributed by atoms with E-state index in [2.05, 4.69) is 15.2 Å². The van der Waals surface area contributed by atoms with E-state index in [-0.39, 0.29) is 5.91 Å². The Bertz CT molecular complexity index is 505. The Morgan fingerprint density at radius 1 is 1.38 bits per heavy atom. The van der Waals surface area contributed by atoms with Crippen molar-refractivity contribution in [3.63, 3.8) is 0 Å². The molecule has 1 aliphatic heterocycles. The van der Waals surface area contributed by atoms with Gasteiger partial charge in [0.25, 0.3) is 0 Å². The summed E-state index contributed by atoms with van der Waals surface area (Å²) >= 11 is 1.61. The third-order valence-electron chi connectivity index (χ3n) is 4.37. The molecule has 2 aliphatic rings. The summed E-state index contributed by atoms with van der Waals surface area (Å²) in [6.45, 7) is 3.92. The Morgan fingerprint density at radius 2 is 2.24 bits per heavy atom. The van der Waals surface area contributed by atoms with E-state index < -0.39 is 5.60 Å². The van der Waals surface area contributed by atoms with Crippen LogP contribution in [0.15, 0.2) is 0 Å². The molecule has 0 radical (unpaired) electrons. The molecule has 21 heavy (non-hydrogen) atoms. The zero-order chi connectivity index (χ0) is 14.9. The van der Waals surface area contributed by atoms with E-state index in [0.717, 1.165) is 50.3 Å². The maximum absolute atomic E-state index is 12.1. The Balaban J connectivity index is 1.51. The summed E-state index contributed by atoms with van der Waals surface area (Å²) in [6.07, 6.45) is 5.81. The van der Waals surface area contributed by atoms with Gasteiger partial charge in [-0.2, -0.15) is 0 Å². The lowest BCUT2D eigenvalue weighted by atomic mass is 9.98. The highest BCUT2D eigenvalue weighted by molar-refractivity contribution is 7.15. The quantitative estimate of drug-likeness (QED) is 0.894. The number of carbonyl (C=O) groups excluding carboxylic acids is 1. The molecule has 1 aromatic heterocycles. The molecule has 1 aromatic rings. The van der Waals surface area contributed by atoms with Crippen LogP contribution in [0.4, 0.5) is 5.13 Å². The number of anilines is 1. The lowest BCUT2D eigenvalue weighted by Gasteiger charge is -2.21. The van der Waals surface area contributed by atoms with Crippen molar-refractivity contribution in [3.05, 3.63) is 10.6 Å². The van der Waals surface area contributed by atoms with Gasteiger partial charge >= 0.3 is 0 Å². The highest BCUT2D eigenvalue weighted by Crippen LogP contribution is 2.30. The van der Waals surface area contributed by atoms with E-state index in [1.165, 1.54) is 17.0 Å². The molecule has 0 aromatic carbocycles. The van der Waals surface area contributed by atoms with Crippen molar-refractivity contribution in [2.45, 2.75) is 51.0 Å². The van der Waals surface area contributed by atoms with Gasteiger partial charge in [0.05, 0.1) is 17.8 Å². The maximum Gasteiger partial charge on any atom is 0.240 e. The van der Waals surface area contributed by atoms with Gasteiger partial charge in [-0.05, 0) is 52.0 Å². The fourth-order valence-corrected chi connectivity index (χ4v) is 4.15. The van der Waals surface area contributed by atoms with Crippen molar-refractivity contribution in [2.75, 3.05) is 25.0 Å². The second kappa shape index (κ2) is 6.02. The molecule has 2 heterocycles. The van der Waals surface area contributed by atoms with E-state index in [1.807, 2.05) is 6.92 Å². The molecule has 1 unspecified atom stereocenters. The number of likely N-dealkylation sites (tertiary alicyclic amines) is 1. The van der Waals surface area contributed by atoms with Crippen LogP contribution >= 0.6 is 11.3 Å². The van der Waals surface area contributed by atoms with E-state index >= 15 is 0 Å². The highest BCUT2D eigenvalue weighted by Gasteiger charge is 2.26. The molecule has 1 aliphatic carbocycles. The average molecular weight is 309 g/mol. The monoisotopic (exact) mass is 309 g/mol. The fraction of sp³-hybridized carbons (Fsp3) is 0.733. The van der Waals surface area contributed by atoms with E-state index in [0.29, 0.717) is 6.54 Å². The Labute approximate surface area is 129 Å². The standard InChI is InChI=1S/C15H23N3O2S/c1-15(20)6-3-8-18(9-7-15)10-13(19)17-14-16-11-4-2-5-12(11)21-14/h20H,2-10H2,1H3,(H,16,17,19). The first-order valence-corrected chi connectivity index (χ1v) is 8.57. The van der Waals surface area contributed by atoms with Crippen LogP contribution in [0.3, 0.4) is 0 Å². The third-order valence-corrected chi connectivity index (χ3v) is 5.44. The summed E-state index contributed by atoms with van der Waals surface area (Å²) in [4.78, 5) is 20.1. The first-order chi connectivity index (χ1) is 10.0. The van der Waals surface area contributed by atoms with Gasteiger partial charge in [0.15, 0.2) is 5.13 Å². The molecule has 1 saturated heterocycles. The number of nitrogens with one attached hydrogen (secondary N) is 1. The van der Waals surface area contributed by atoms with Crippen LogP contribution in [0, 0.1) is 0 Å². The van der Waals surface area contributed by atoms with Gasteiger partial charge in [0.2, 0.25) is 5.91 Å². The van der Waals surface area contributed by atoms with Gasteiger partial charge < -0.3 is 10.4 Å². The Kier molecular flexibility index (Phi) is 4.28. The molecule has 116 valence electrons. The molecule has 5 nitrogen and oxygen atoms in total. The summed E-state index contributed by atoms with van der Waals surface area (Å²) in [5, 5.41) is 13.7. The van der Waals surface area contributed by atoms with Crippen LogP contribution in [0.2, 0.25) is 0 Å². The van der Waals surface area contributed by atoms with E-state index in [1.54, 1.807) is 11.3 Å². The number of rotatable bonds is 3. The summed E-state index contributed by atoms with van der Waals surface area (Å²) in [5.74, 6) is 0.00367. The Hall–Kier alpha value is -0.980. The van der Waals surface area contributed by atoms with Crippen LogP contribution in [0.5, 0.6) is 0 Å². The van der Waals surface area contributed by atoms with Crippen molar-refractivity contribution in [1.82, 2.24) is 9.88 Å². The maximum atomic E-state index is 12.1. The molecular formula is C15H23N3O2S. The second-order valence-electron chi connectivity index (χ2n) is 6.42. The van der Waals surface area contributed by atoms with Crippen LogP contribution in [-0.4, -0.2) is 46.1 Å². The lowest BCUT2D eigenvalue weighted by Crippen LogP contribution is -2.35. The Morgan fingerprint density at radius 3 is 3.05 bits per heavy atom. The summed E-state index contributed by atoms with van der Waals surface area (Å²) in [5.41, 5.74) is 0.586. The number of hydrogen-bond acceptors (Lipinski definition) is 5. The number of amides is 1. The van der Waals surface area contributed by atoms with Crippen molar-refractivity contribution in [2.24, 2.45) is 0 Å². The lowest BCUT2D eigenvalue weighted by molar-refractivity contribution is -0.117. The van der Waals surface area contributed by atoms with Gasteiger partial charge in [-0.1, -0.05) is 0 Å². The van der Waals surface area contributed by atoms with Gasteiger partial charge in [-0.25, -0.2) is 4.98 Å². The molecule has 0 saturated carbocycles. The number of hydrogen-bond donors (Lipinski definition) is 2. The van der Waals surface area contributed by atoms with E-state index in [4.69, 9.17) is 0 Å². The minimum absolute atomic E-state index is 0.00367. The summed E-state index contributed by atoms with van der Waals surface area (Å²) in [7, 11) is 0. The van der Waals surface area contributed by atoms with Crippen LogP contribution < -0.4 is 5.32 Å². The van der Waals surface area contributed by atoms with Gasteiger partial charge in [-0.3, -0.25) is 9.69 Å². The van der Waals surface area contributed by atoms with Crippen molar-refractivity contribution in [3.8, 4) is 0 Å². The molecule has 6 heteroatoms. The van der Waals surface area contributed by atoms with Crippen molar-refractivity contribution >= 4 is 22.4 Å². The molecular weight excluding hydrogens is 286 g/mol. The number of nitrogens with zero attached hydrogens (tertiary/aromatic N) is 2. The number of carbonyl (C=O) groups is 1. The van der Waals surface area contributed by atoms with Crippen molar-refractivity contribution in [1.29, 1.82) is 0 Å². The second-order valence-corrected chi connectivity index (χ2v) is 7.50. The third kappa shape index (κ3) is 3.81. The molecule has 0 spiro atoms. The number of thiazole rings is 1. The smallest absolute Gasteiger partial charge is 0.240 e. The first-order valence-electron chi connectivity index (χ1n) is 7.75. The SMILES string of the molecule is CC1(O)CCCN(CC(=O)Nc2nc3c(s2)CCC3)CC1. The average Bonchev–Trinajstić information content (AvgIpc) is 2.91. The predicted octanol–water partition coefficient (Wildman–Crippen LogP) is 1.81. The molecule has 0 bridgehead atoms. The van der Waals surface area contributed by atoms with Crippen molar-refractivity contribution < 1.29 is 9.90 Å². The fourth-order valence-electron chi connectivity index (χ4n) is 3.08. The van der Waals surface area contributed by atoms with Crippen LogP contribution in [0.1, 0.15) is 43.2 Å². The number of aliphatic hydroxyl groups is 1. The number of aromatic nitrogens is 1. The minimum atomic E-state index is -0.582. The largest absolute Gasteiger partial charge is 0.390 e. The number of fused-ring (bicyclic) bond motifs is 1. The highest BCUT2D eigenvalue weighted by atomic mass is 32.1. The normalized spacial score (nSPS) is 26.4. The summed E-state index contributed by atoms with van der Waals surface area (Å²) in [6, 6.07) is 0. The van der Waals surface area contributed by atoms with Gasteiger partial charge in [-0.15, -0.1) is 11.3 Å². The van der Waals surface area contributed by atoms with Gasteiger partial charge in [0, 0.05) is 11.4 Å². The molecule has 3 rings (SSSR count). The zero-order valence-electron chi connectivity index (χ0n) is 12.5. The predicted molar refractivity (Wildman–Crippen MR) is 83.7 cm³/mol. The molecule has 2 N–H and O–H groups in total. The molecule has 1 atom stereocenters. The number of aryl methyl sites for hydroxylation is 2. The van der Waals surface area contributed by atoms with Crippen LogP contribution in [0.25, 0.3) is 0 Å². The first kappa shape index (κ1) is 14.9. The summed E-state index contributed by atoms with van der Waals surface area (Å²) < 4.78 is 0. The molecule has 1 fully saturated rings. The van der Waals surface area contributed by atoms with Crippen LogP contribution in [-0.2, 0) is 17.6 Å².